The fourth-order valence-corrected chi connectivity index (χ4v) is 3.01. The van der Waals surface area contributed by atoms with E-state index in [-0.39, 0.29) is 51.0 Å². The van der Waals surface area contributed by atoms with Crippen LogP contribution in [-0.4, -0.2) is 0 Å². The summed E-state index contributed by atoms with van der Waals surface area (Å²) in [5.74, 6) is 0. The second-order valence-electron chi connectivity index (χ2n) is 5.49. The van der Waals surface area contributed by atoms with E-state index >= 15 is 0 Å². The van der Waals surface area contributed by atoms with Crippen molar-refractivity contribution in [1.29, 1.82) is 0 Å². The molecule has 0 saturated carbocycles. The van der Waals surface area contributed by atoms with Gasteiger partial charge in [0.1, 0.15) is 0 Å². The predicted octanol–water partition coefficient (Wildman–Crippen LogP) is -0.778. The van der Waals surface area contributed by atoms with E-state index in [2.05, 4.69) is 72.8 Å². The van der Waals surface area contributed by atoms with Crippen LogP contribution < -0.4 is 24.8 Å². The monoisotopic (exact) mass is 416 g/mol. The molecule has 0 heterocycles. The average Bonchev–Trinajstić information content (AvgIpc) is 3.07. The zero-order valence-electron chi connectivity index (χ0n) is 12.6. The van der Waals surface area contributed by atoms with Crippen molar-refractivity contribution in [1.82, 2.24) is 0 Å². The number of hydrogen-bond donors (Lipinski definition) is 0. The van der Waals surface area contributed by atoms with Gasteiger partial charge < -0.3 is 24.8 Å². The SMILES string of the molecule is [Cl-].[Cl-].[Zr+4].c1ccc2[cH-]c(CCc3cc4ccccc4[cH-]3)cc2c1. The summed E-state index contributed by atoms with van der Waals surface area (Å²) in [5.41, 5.74) is 2.88. The Labute approximate surface area is 168 Å². The number of fused-ring (bicyclic) bond motifs is 2. The number of hydrogen-bond acceptors (Lipinski definition) is 0. The molecule has 114 valence electrons. The van der Waals surface area contributed by atoms with Gasteiger partial charge in [-0.1, -0.05) is 12.1 Å². The van der Waals surface area contributed by atoms with Crippen LogP contribution in [0.15, 0.2) is 72.8 Å². The van der Waals surface area contributed by atoms with Crippen molar-refractivity contribution in [3.63, 3.8) is 0 Å². The molecule has 0 saturated heterocycles. The summed E-state index contributed by atoms with van der Waals surface area (Å²) in [7, 11) is 0. The third-order valence-electron chi connectivity index (χ3n) is 4.06. The van der Waals surface area contributed by atoms with Gasteiger partial charge in [0.15, 0.2) is 0 Å². The topological polar surface area (TPSA) is 0 Å². The molecule has 4 rings (SSSR count). The maximum Gasteiger partial charge on any atom is 4.00 e. The fourth-order valence-electron chi connectivity index (χ4n) is 3.01. The number of halogens is 2. The van der Waals surface area contributed by atoms with Gasteiger partial charge in [0.05, 0.1) is 0 Å². The van der Waals surface area contributed by atoms with Crippen LogP contribution in [0.5, 0.6) is 0 Å². The smallest absolute Gasteiger partial charge is 1.00 e. The third kappa shape index (κ3) is 4.35. The van der Waals surface area contributed by atoms with Crippen molar-refractivity contribution in [3.05, 3.63) is 83.9 Å². The van der Waals surface area contributed by atoms with Crippen molar-refractivity contribution in [2.45, 2.75) is 12.8 Å². The fraction of sp³-hybridized carbons (Fsp3) is 0.100. The van der Waals surface area contributed by atoms with E-state index in [4.69, 9.17) is 0 Å². The third-order valence-corrected chi connectivity index (χ3v) is 4.06. The van der Waals surface area contributed by atoms with E-state index < -0.39 is 0 Å². The molecule has 4 aromatic carbocycles. The normalized spacial score (nSPS) is 9.91. The first-order valence-corrected chi connectivity index (χ1v) is 7.17. The van der Waals surface area contributed by atoms with Gasteiger partial charge in [-0.05, 0) is 12.8 Å². The minimum absolute atomic E-state index is 0. The van der Waals surface area contributed by atoms with E-state index in [1.165, 1.54) is 32.7 Å². The first kappa shape index (κ1) is 20.2. The van der Waals surface area contributed by atoms with Crippen LogP contribution >= 0.6 is 0 Å². The van der Waals surface area contributed by atoms with Crippen molar-refractivity contribution < 1.29 is 51.0 Å². The minimum Gasteiger partial charge on any atom is -1.00 e. The zero-order chi connectivity index (χ0) is 13.4. The van der Waals surface area contributed by atoms with Crippen molar-refractivity contribution in [2.75, 3.05) is 0 Å². The van der Waals surface area contributed by atoms with E-state index in [9.17, 15) is 0 Å². The van der Waals surface area contributed by atoms with E-state index in [1.807, 2.05) is 0 Å². The predicted molar refractivity (Wildman–Crippen MR) is 86.5 cm³/mol. The maximum absolute atomic E-state index is 2.32. The Morgan fingerprint density at radius 1 is 0.609 bits per heavy atom. The number of aryl methyl sites for hydroxylation is 2. The van der Waals surface area contributed by atoms with Crippen LogP contribution in [0.2, 0.25) is 0 Å². The van der Waals surface area contributed by atoms with E-state index in [1.54, 1.807) is 0 Å². The summed E-state index contributed by atoms with van der Waals surface area (Å²) in [5, 5.41) is 5.43. The number of benzene rings is 2. The van der Waals surface area contributed by atoms with Crippen molar-refractivity contribution in [2.24, 2.45) is 0 Å². The summed E-state index contributed by atoms with van der Waals surface area (Å²) in [6, 6.07) is 26.5. The van der Waals surface area contributed by atoms with Crippen LogP contribution in [0.1, 0.15) is 11.1 Å². The second-order valence-corrected chi connectivity index (χ2v) is 5.49. The molecule has 4 aromatic rings. The molecule has 23 heavy (non-hydrogen) atoms. The average molecular weight is 418 g/mol. The first-order chi connectivity index (χ1) is 9.88. The van der Waals surface area contributed by atoms with Crippen molar-refractivity contribution >= 4 is 21.5 Å². The molecular formula is C20H16Cl2Zr. The minimum atomic E-state index is 0. The van der Waals surface area contributed by atoms with Crippen LogP contribution in [0.25, 0.3) is 21.5 Å². The molecule has 0 unspecified atom stereocenters. The number of rotatable bonds is 3. The van der Waals surface area contributed by atoms with Gasteiger partial charge in [0.25, 0.3) is 0 Å². The Bertz CT molecular complexity index is 733. The summed E-state index contributed by atoms with van der Waals surface area (Å²) < 4.78 is 0. The molecule has 0 aliphatic rings. The van der Waals surface area contributed by atoms with Gasteiger partial charge in [-0.25, -0.2) is 0 Å². The summed E-state index contributed by atoms with van der Waals surface area (Å²) in [6.45, 7) is 0. The van der Waals surface area contributed by atoms with Gasteiger partial charge in [0, 0.05) is 0 Å². The Morgan fingerprint density at radius 2 is 1.00 bits per heavy atom. The molecule has 0 aliphatic heterocycles. The quantitative estimate of drug-likeness (QED) is 0.383. The first-order valence-electron chi connectivity index (χ1n) is 7.17. The molecule has 0 amide bonds. The molecule has 0 spiro atoms. The van der Waals surface area contributed by atoms with Gasteiger partial charge >= 0.3 is 26.2 Å². The van der Waals surface area contributed by atoms with Crippen LogP contribution in [0.4, 0.5) is 0 Å². The summed E-state index contributed by atoms with van der Waals surface area (Å²) >= 11 is 0. The molecule has 0 N–H and O–H groups in total. The standard InChI is InChI=1S/C20H16.2ClH.Zr/c1-2-6-18-12-15(11-17(18)5-1)9-10-16-13-19-7-3-4-8-20(19)14-16;;;/h1-8,11-14H,9-10H2;2*1H;/q-2;;;+4/p-2. The molecule has 3 heteroatoms. The van der Waals surface area contributed by atoms with E-state index in [0.29, 0.717) is 0 Å². The van der Waals surface area contributed by atoms with Crippen LogP contribution in [0.3, 0.4) is 0 Å². The zero-order valence-corrected chi connectivity index (χ0v) is 16.6. The van der Waals surface area contributed by atoms with Gasteiger partial charge in [-0.2, -0.15) is 12.1 Å². The van der Waals surface area contributed by atoms with Crippen LogP contribution in [-0.2, 0) is 39.0 Å². The molecular weight excluding hydrogens is 402 g/mol. The van der Waals surface area contributed by atoms with Gasteiger partial charge in [-0.3, -0.25) is 0 Å². The molecule has 0 radical (unpaired) electrons. The molecule has 0 bridgehead atoms. The molecule has 0 aromatic heterocycles. The second kappa shape index (κ2) is 8.83. The Hall–Kier alpha value is -0.877. The summed E-state index contributed by atoms with van der Waals surface area (Å²) in [6.07, 6.45) is 2.23. The molecule has 0 fully saturated rings. The van der Waals surface area contributed by atoms with E-state index in [0.717, 1.165) is 12.8 Å². The van der Waals surface area contributed by atoms with Gasteiger partial charge in [-0.15, -0.1) is 81.2 Å². The molecule has 0 nitrogen and oxygen atoms in total. The Kier molecular flexibility index (Phi) is 7.74. The van der Waals surface area contributed by atoms with Crippen molar-refractivity contribution in [3.8, 4) is 0 Å². The summed E-state index contributed by atoms with van der Waals surface area (Å²) in [4.78, 5) is 0. The van der Waals surface area contributed by atoms with Gasteiger partial charge in [0.2, 0.25) is 0 Å². The van der Waals surface area contributed by atoms with Crippen LogP contribution in [0, 0.1) is 0 Å². The molecule has 0 atom stereocenters. The Balaban J connectivity index is 0.000000882. The molecule has 0 aliphatic carbocycles. The Morgan fingerprint density at radius 3 is 1.39 bits per heavy atom. The maximum atomic E-state index is 2.32. The largest absolute Gasteiger partial charge is 4.00 e.